The summed E-state index contributed by atoms with van der Waals surface area (Å²) < 4.78 is 25.1. The standard InChI is InChI=1S/C14H19BrN2O4S/c1-22(20,21)17-6-4-10(5-7-17)9-16-14(19)12-8-11(15)2-3-13(12)18/h2-3,8,10,18H,4-7,9H2,1H3,(H,16,19). The second-order valence-electron chi connectivity index (χ2n) is 5.48. The van der Waals surface area contributed by atoms with Crippen molar-refractivity contribution in [1.82, 2.24) is 9.62 Å². The first kappa shape index (κ1) is 17.2. The molecule has 0 radical (unpaired) electrons. The molecule has 1 saturated heterocycles. The van der Waals surface area contributed by atoms with Crippen LogP contribution in [0.5, 0.6) is 5.75 Å². The normalized spacial score (nSPS) is 17.4. The van der Waals surface area contributed by atoms with Crippen molar-refractivity contribution in [3.05, 3.63) is 28.2 Å². The van der Waals surface area contributed by atoms with Crippen molar-refractivity contribution in [3.63, 3.8) is 0 Å². The van der Waals surface area contributed by atoms with Crippen molar-refractivity contribution < 1.29 is 18.3 Å². The van der Waals surface area contributed by atoms with E-state index >= 15 is 0 Å². The maximum Gasteiger partial charge on any atom is 0.255 e. The molecule has 0 bridgehead atoms. The van der Waals surface area contributed by atoms with Crippen LogP contribution in [0.4, 0.5) is 0 Å². The molecule has 6 nitrogen and oxygen atoms in total. The van der Waals surface area contributed by atoms with Crippen LogP contribution < -0.4 is 5.32 Å². The molecule has 1 aromatic rings. The minimum absolute atomic E-state index is 0.0624. The number of phenolic OH excluding ortho intramolecular Hbond substituents is 1. The summed E-state index contributed by atoms with van der Waals surface area (Å²) in [6.45, 7) is 1.45. The number of carbonyl (C=O) groups excluding carboxylic acids is 1. The number of sulfonamides is 1. The summed E-state index contributed by atoms with van der Waals surface area (Å²) in [5.41, 5.74) is 0.225. The number of hydrogen-bond donors (Lipinski definition) is 2. The SMILES string of the molecule is CS(=O)(=O)N1CCC(CNC(=O)c2cc(Br)ccc2O)CC1. The monoisotopic (exact) mass is 390 g/mol. The van der Waals surface area contributed by atoms with Crippen LogP contribution in [0.2, 0.25) is 0 Å². The van der Waals surface area contributed by atoms with Gasteiger partial charge in [-0.05, 0) is 37.0 Å². The lowest BCUT2D eigenvalue weighted by Crippen LogP contribution is -2.41. The predicted molar refractivity (Wildman–Crippen MR) is 87.3 cm³/mol. The molecule has 1 aliphatic rings. The van der Waals surface area contributed by atoms with Crippen molar-refractivity contribution in [2.24, 2.45) is 5.92 Å². The van der Waals surface area contributed by atoms with Gasteiger partial charge in [-0.1, -0.05) is 15.9 Å². The molecule has 22 heavy (non-hydrogen) atoms. The molecule has 8 heteroatoms. The molecule has 2 rings (SSSR count). The number of phenols is 1. The molecular formula is C14H19BrN2O4S. The van der Waals surface area contributed by atoms with Gasteiger partial charge in [0.15, 0.2) is 0 Å². The van der Waals surface area contributed by atoms with E-state index in [0.29, 0.717) is 19.6 Å². The summed E-state index contributed by atoms with van der Waals surface area (Å²) in [5.74, 6) is -0.145. The van der Waals surface area contributed by atoms with Gasteiger partial charge in [0.25, 0.3) is 5.91 Å². The number of hydrogen-bond acceptors (Lipinski definition) is 4. The van der Waals surface area contributed by atoms with Gasteiger partial charge in [-0.3, -0.25) is 4.79 Å². The first-order valence-corrected chi connectivity index (χ1v) is 9.63. The maximum atomic E-state index is 12.1. The molecule has 0 spiro atoms. The van der Waals surface area contributed by atoms with Crippen LogP contribution in [0.1, 0.15) is 23.2 Å². The number of benzene rings is 1. The zero-order valence-electron chi connectivity index (χ0n) is 12.3. The van der Waals surface area contributed by atoms with Gasteiger partial charge in [0.2, 0.25) is 10.0 Å². The molecule has 1 amide bonds. The van der Waals surface area contributed by atoms with Gasteiger partial charge >= 0.3 is 0 Å². The Balaban J connectivity index is 1.87. The average molecular weight is 391 g/mol. The number of aromatic hydroxyl groups is 1. The molecule has 0 unspecified atom stereocenters. The fourth-order valence-electron chi connectivity index (χ4n) is 2.47. The van der Waals surface area contributed by atoms with E-state index in [4.69, 9.17) is 0 Å². The summed E-state index contributed by atoms with van der Waals surface area (Å²) >= 11 is 3.26. The summed E-state index contributed by atoms with van der Waals surface area (Å²) in [4.78, 5) is 12.1. The molecular weight excluding hydrogens is 372 g/mol. The summed E-state index contributed by atoms with van der Waals surface area (Å²) in [7, 11) is -3.13. The highest BCUT2D eigenvalue weighted by Gasteiger charge is 2.25. The van der Waals surface area contributed by atoms with E-state index in [-0.39, 0.29) is 23.1 Å². The Morgan fingerprint density at radius 3 is 2.64 bits per heavy atom. The third-order valence-corrected chi connectivity index (χ3v) is 5.59. The fraction of sp³-hybridized carbons (Fsp3) is 0.500. The Bertz CT molecular complexity index is 655. The summed E-state index contributed by atoms with van der Waals surface area (Å²) in [5, 5.41) is 12.5. The fourth-order valence-corrected chi connectivity index (χ4v) is 3.70. The lowest BCUT2D eigenvalue weighted by molar-refractivity contribution is 0.0939. The third-order valence-electron chi connectivity index (χ3n) is 3.80. The molecule has 1 fully saturated rings. The number of amides is 1. The van der Waals surface area contributed by atoms with Gasteiger partial charge in [0.05, 0.1) is 11.8 Å². The second-order valence-corrected chi connectivity index (χ2v) is 8.38. The van der Waals surface area contributed by atoms with Crippen molar-refractivity contribution >= 4 is 31.9 Å². The van der Waals surface area contributed by atoms with Gasteiger partial charge in [-0.15, -0.1) is 0 Å². The van der Waals surface area contributed by atoms with Crippen molar-refractivity contribution in [2.75, 3.05) is 25.9 Å². The first-order chi connectivity index (χ1) is 10.3. The van der Waals surface area contributed by atoms with Crippen LogP contribution in [0.25, 0.3) is 0 Å². The molecule has 0 saturated carbocycles. The average Bonchev–Trinajstić information content (AvgIpc) is 2.47. The molecule has 1 aliphatic heterocycles. The van der Waals surface area contributed by atoms with Gasteiger partial charge in [-0.25, -0.2) is 12.7 Å². The van der Waals surface area contributed by atoms with Crippen LogP contribution in [0.15, 0.2) is 22.7 Å². The lowest BCUT2D eigenvalue weighted by atomic mass is 9.98. The molecule has 0 aromatic heterocycles. The van der Waals surface area contributed by atoms with E-state index in [0.717, 1.165) is 17.3 Å². The largest absolute Gasteiger partial charge is 0.507 e. The van der Waals surface area contributed by atoms with Gasteiger partial charge < -0.3 is 10.4 Å². The number of nitrogens with one attached hydrogen (secondary N) is 1. The Morgan fingerprint density at radius 2 is 2.05 bits per heavy atom. The Labute approximate surface area is 138 Å². The van der Waals surface area contributed by atoms with Crippen molar-refractivity contribution in [1.29, 1.82) is 0 Å². The van der Waals surface area contributed by atoms with Crippen LogP contribution in [-0.2, 0) is 10.0 Å². The molecule has 1 heterocycles. The van der Waals surface area contributed by atoms with E-state index in [1.54, 1.807) is 12.1 Å². The minimum atomic E-state index is -3.13. The van der Waals surface area contributed by atoms with Crippen LogP contribution in [-0.4, -0.2) is 49.6 Å². The van der Waals surface area contributed by atoms with E-state index in [1.807, 2.05) is 0 Å². The summed E-state index contributed by atoms with van der Waals surface area (Å²) in [6.07, 6.45) is 2.65. The molecule has 122 valence electrons. The number of rotatable bonds is 4. The highest BCUT2D eigenvalue weighted by atomic mass is 79.9. The number of nitrogens with zero attached hydrogens (tertiary/aromatic N) is 1. The van der Waals surface area contributed by atoms with E-state index in [9.17, 15) is 18.3 Å². The highest BCUT2D eigenvalue weighted by molar-refractivity contribution is 9.10. The predicted octanol–water partition coefficient (Wildman–Crippen LogP) is 1.56. The lowest BCUT2D eigenvalue weighted by Gasteiger charge is -2.30. The van der Waals surface area contributed by atoms with Crippen LogP contribution in [0.3, 0.4) is 0 Å². The smallest absolute Gasteiger partial charge is 0.255 e. The Kier molecular flexibility index (Phi) is 5.46. The van der Waals surface area contributed by atoms with Crippen LogP contribution >= 0.6 is 15.9 Å². The zero-order chi connectivity index (χ0) is 16.3. The van der Waals surface area contributed by atoms with Crippen molar-refractivity contribution in [2.45, 2.75) is 12.8 Å². The first-order valence-electron chi connectivity index (χ1n) is 6.99. The topological polar surface area (TPSA) is 86.7 Å². The Hall–Kier alpha value is -1.12. The number of piperidine rings is 1. The molecule has 0 aliphatic carbocycles. The third kappa shape index (κ3) is 4.44. The molecule has 0 atom stereocenters. The van der Waals surface area contributed by atoms with Crippen molar-refractivity contribution in [3.8, 4) is 5.75 Å². The Morgan fingerprint density at radius 1 is 1.41 bits per heavy atom. The van der Waals surface area contributed by atoms with Gasteiger partial charge in [-0.2, -0.15) is 0 Å². The number of halogens is 1. The summed E-state index contributed by atoms with van der Waals surface area (Å²) in [6, 6.07) is 4.69. The number of carbonyl (C=O) groups is 1. The quantitative estimate of drug-likeness (QED) is 0.816. The maximum absolute atomic E-state index is 12.1. The zero-order valence-corrected chi connectivity index (χ0v) is 14.7. The second kappa shape index (κ2) is 6.97. The molecule has 1 aromatic carbocycles. The van der Waals surface area contributed by atoms with E-state index in [2.05, 4.69) is 21.2 Å². The molecule has 2 N–H and O–H groups in total. The van der Waals surface area contributed by atoms with E-state index < -0.39 is 10.0 Å². The van der Waals surface area contributed by atoms with Crippen LogP contribution in [0, 0.1) is 5.92 Å². The minimum Gasteiger partial charge on any atom is -0.507 e. The highest BCUT2D eigenvalue weighted by Crippen LogP contribution is 2.22. The van der Waals surface area contributed by atoms with Gasteiger partial charge in [0.1, 0.15) is 5.75 Å². The van der Waals surface area contributed by atoms with Gasteiger partial charge in [0, 0.05) is 24.1 Å². The van der Waals surface area contributed by atoms with E-state index in [1.165, 1.54) is 16.6 Å².